The molecule has 0 aliphatic rings. The van der Waals surface area contributed by atoms with Crippen molar-refractivity contribution in [2.45, 2.75) is 25.8 Å². The third-order valence-corrected chi connectivity index (χ3v) is 3.73. The van der Waals surface area contributed by atoms with E-state index in [2.05, 4.69) is 5.32 Å². The predicted octanol–water partition coefficient (Wildman–Crippen LogP) is 1.47. The Morgan fingerprint density at radius 3 is 2.45 bits per heavy atom. The van der Waals surface area contributed by atoms with Crippen molar-refractivity contribution in [2.24, 2.45) is 0 Å². The summed E-state index contributed by atoms with van der Waals surface area (Å²) in [4.78, 5) is 34.3. The van der Waals surface area contributed by atoms with Gasteiger partial charge in [-0.05, 0) is 19.4 Å². The third-order valence-electron chi connectivity index (χ3n) is 3.48. The van der Waals surface area contributed by atoms with E-state index in [1.807, 2.05) is 0 Å². The number of hydrogen-bond donors (Lipinski definition) is 3. The van der Waals surface area contributed by atoms with Crippen molar-refractivity contribution in [3.63, 3.8) is 0 Å². The lowest BCUT2D eigenvalue weighted by atomic mass is 9.93. The summed E-state index contributed by atoms with van der Waals surface area (Å²) >= 11 is 5.53. The number of benzene rings is 1. The first-order valence-electron chi connectivity index (χ1n) is 6.41. The van der Waals surface area contributed by atoms with Gasteiger partial charge < -0.3 is 16.8 Å². The Morgan fingerprint density at radius 2 is 2.00 bits per heavy atom. The fourth-order valence-electron chi connectivity index (χ4n) is 1.77. The molecule has 8 nitrogen and oxygen atoms in total. The Hall–Kier alpha value is -2.35. The third kappa shape index (κ3) is 3.45. The molecule has 9 heteroatoms. The van der Waals surface area contributed by atoms with Crippen molar-refractivity contribution >= 4 is 40.4 Å². The molecule has 0 fully saturated rings. The number of carbonyl (C=O) groups is 2. The van der Waals surface area contributed by atoms with E-state index >= 15 is 0 Å². The molecule has 0 aliphatic carbocycles. The molecule has 0 spiro atoms. The van der Waals surface area contributed by atoms with Gasteiger partial charge >= 0.3 is 0 Å². The van der Waals surface area contributed by atoms with Gasteiger partial charge in [0.2, 0.25) is 0 Å². The average Bonchev–Trinajstić information content (AvgIpc) is 2.48. The van der Waals surface area contributed by atoms with E-state index in [9.17, 15) is 19.7 Å². The van der Waals surface area contributed by atoms with Crippen LogP contribution in [0.25, 0.3) is 0 Å². The maximum Gasteiger partial charge on any atom is 0.295 e. The standard InChI is InChI=1S/C13H17ClN4O4/c1-3-13(2,10(19)6-14)17-12(20)7-4-8(15)11(16)9(5-7)18(21)22/h4-5H,3,6,15-16H2,1-2H3,(H,17,20). The summed E-state index contributed by atoms with van der Waals surface area (Å²) < 4.78 is 0. The molecule has 1 aromatic carbocycles. The Bertz CT molecular complexity index is 635. The number of Topliss-reactive ketones (excluding diaryl/α,β-unsaturated/α-hetero) is 1. The van der Waals surface area contributed by atoms with E-state index < -0.39 is 22.1 Å². The van der Waals surface area contributed by atoms with Gasteiger partial charge in [0.15, 0.2) is 5.78 Å². The number of alkyl halides is 1. The maximum absolute atomic E-state index is 12.3. The number of halogens is 1. The number of carbonyl (C=O) groups excluding carboxylic acids is 2. The van der Waals surface area contributed by atoms with Crippen LogP contribution in [0.4, 0.5) is 17.1 Å². The van der Waals surface area contributed by atoms with E-state index in [0.717, 1.165) is 6.07 Å². The van der Waals surface area contributed by atoms with Gasteiger partial charge in [-0.1, -0.05) is 6.92 Å². The number of nitrogens with one attached hydrogen (secondary N) is 1. The second-order valence-corrected chi connectivity index (χ2v) is 5.22. The van der Waals surface area contributed by atoms with Crippen molar-refractivity contribution in [2.75, 3.05) is 17.3 Å². The number of anilines is 2. The van der Waals surface area contributed by atoms with Gasteiger partial charge in [0.1, 0.15) is 5.69 Å². The molecule has 1 atom stereocenters. The van der Waals surface area contributed by atoms with Crippen LogP contribution in [0.1, 0.15) is 30.6 Å². The van der Waals surface area contributed by atoms with Gasteiger partial charge in [-0.2, -0.15) is 0 Å². The fourth-order valence-corrected chi connectivity index (χ4v) is 2.06. The molecule has 1 unspecified atom stereocenters. The van der Waals surface area contributed by atoms with Gasteiger partial charge in [0.25, 0.3) is 11.6 Å². The zero-order valence-electron chi connectivity index (χ0n) is 12.2. The number of amides is 1. The van der Waals surface area contributed by atoms with Crippen molar-refractivity contribution in [1.82, 2.24) is 5.32 Å². The molecule has 0 aromatic heterocycles. The summed E-state index contributed by atoms with van der Waals surface area (Å²) in [5.74, 6) is -1.28. The van der Waals surface area contributed by atoms with Crippen LogP contribution in [0.15, 0.2) is 12.1 Å². The van der Waals surface area contributed by atoms with Gasteiger partial charge in [-0.3, -0.25) is 19.7 Å². The lowest BCUT2D eigenvalue weighted by Crippen LogP contribution is -2.52. The molecular weight excluding hydrogens is 312 g/mol. The molecule has 0 heterocycles. The van der Waals surface area contributed by atoms with Crippen LogP contribution in [-0.4, -0.2) is 28.0 Å². The minimum Gasteiger partial charge on any atom is -0.397 e. The minimum atomic E-state index is -1.16. The lowest BCUT2D eigenvalue weighted by molar-refractivity contribution is -0.383. The molecule has 1 aromatic rings. The SMILES string of the molecule is CCC(C)(NC(=O)c1cc(N)c(N)c([N+](=O)[O-])c1)C(=O)CCl. The van der Waals surface area contributed by atoms with Crippen molar-refractivity contribution in [1.29, 1.82) is 0 Å². The number of nitro benzene ring substituents is 1. The highest BCUT2D eigenvalue weighted by atomic mass is 35.5. The van der Waals surface area contributed by atoms with Crippen LogP contribution >= 0.6 is 11.6 Å². The summed E-state index contributed by atoms with van der Waals surface area (Å²) in [5.41, 5.74) is 9.11. The summed E-state index contributed by atoms with van der Waals surface area (Å²) in [7, 11) is 0. The molecule has 120 valence electrons. The van der Waals surface area contributed by atoms with E-state index in [-0.39, 0.29) is 28.6 Å². The van der Waals surface area contributed by atoms with Crippen LogP contribution in [0.2, 0.25) is 0 Å². The highest BCUT2D eigenvalue weighted by Gasteiger charge is 2.32. The van der Waals surface area contributed by atoms with Crippen molar-refractivity contribution < 1.29 is 14.5 Å². The minimum absolute atomic E-state index is 0.0551. The molecule has 0 aliphatic heterocycles. The highest BCUT2D eigenvalue weighted by molar-refractivity contribution is 6.29. The average molecular weight is 329 g/mol. The Balaban J connectivity index is 3.19. The topological polar surface area (TPSA) is 141 Å². The van der Waals surface area contributed by atoms with Gasteiger partial charge in [0, 0.05) is 11.6 Å². The molecule has 1 amide bonds. The van der Waals surface area contributed by atoms with Crippen LogP contribution < -0.4 is 16.8 Å². The molecule has 22 heavy (non-hydrogen) atoms. The number of nitro groups is 1. The van der Waals surface area contributed by atoms with Crippen molar-refractivity contribution in [3.8, 4) is 0 Å². The Kier molecular flexibility index (Phi) is 5.32. The first-order valence-corrected chi connectivity index (χ1v) is 6.95. The van der Waals surface area contributed by atoms with E-state index in [1.165, 1.54) is 13.0 Å². The quantitative estimate of drug-likeness (QED) is 0.312. The smallest absolute Gasteiger partial charge is 0.295 e. The largest absolute Gasteiger partial charge is 0.397 e. The van der Waals surface area contributed by atoms with Gasteiger partial charge in [0.05, 0.1) is 22.0 Å². The van der Waals surface area contributed by atoms with E-state index in [1.54, 1.807) is 6.92 Å². The second-order valence-electron chi connectivity index (χ2n) is 4.95. The van der Waals surface area contributed by atoms with E-state index in [4.69, 9.17) is 23.1 Å². The number of nitrogen functional groups attached to an aromatic ring is 2. The van der Waals surface area contributed by atoms with Crippen LogP contribution in [0, 0.1) is 10.1 Å². The molecule has 0 bridgehead atoms. The molecular formula is C13H17ClN4O4. The Morgan fingerprint density at radius 1 is 1.41 bits per heavy atom. The first-order chi connectivity index (χ1) is 10.2. The number of ketones is 1. The predicted molar refractivity (Wildman–Crippen MR) is 83.8 cm³/mol. The first kappa shape index (κ1) is 17.7. The van der Waals surface area contributed by atoms with Crippen LogP contribution in [0.3, 0.4) is 0 Å². The Labute approximate surface area is 131 Å². The maximum atomic E-state index is 12.3. The summed E-state index contributed by atoms with van der Waals surface area (Å²) in [6, 6.07) is 2.24. The number of rotatable bonds is 6. The van der Waals surface area contributed by atoms with Crippen LogP contribution in [-0.2, 0) is 4.79 Å². The normalized spacial score (nSPS) is 13.2. The van der Waals surface area contributed by atoms with Gasteiger partial charge in [-0.25, -0.2) is 0 Å². The molecule has 5 N–H and O–H groups in total. The summed E-state index contributed by atoms with van der Waals surface area (Å²) in [5, 5.41) is 13.4. The zero-order chi connectivity index (χ0) is 17.1. The zero-order valence-corrected chi connectivity index (χ0v) is 12.9. The molecule has 0 saturated carbocycles. The van der Waals surface area contributed by atoms with Gasteiger partial charge in [-0.15, -0.1) is 11.6 Å². The van der Waals surface area contributed by atoms with E-state index in [0.29, 0.717) is 6.42 Å². The summed E-state index contributed by atoms with van der Waals surface area (Å²) in [6.07, 6.45) is 0.316. The van der Waals surface area contributed by atoms with Crippen molar-refractivity contribution in [3.05, 3.63) is 27.8 Å². The molecule has 1 rings (SSSR count). The monoisotopic (exact) mass is 328 g/mol. The number of hydrogen-bond acceptors (Lipinski definition) is 6. The molecule has 0 radical (unpaired) electrons. The highest BCUT2D eigenvalue weighted by Crippen LogP contribution is 2.29. The molecule has 0 saturated heterocycles. The second kappa shape index (κ2) is 6.61. The number of nitrogens with zero attached hydrogens (tertiary/aromatic N) is 1. The summed E-state index contributed by atoms with van der Waals surface area (Å²) in [6.45, 7) is 3.25. The fraction of sp³-hybridized carbons (Fsp3) is 0.385. The number of nitrogens with two attached hydrogens (primary N) is 2. The van der Waals surface area contributed by atoms with Crippen LogP contribution in [0.5, 0.6) is 0 Å². The lowest BCUT2D eigenvalue weighted by Gasteiger charge is -2.27.